The largest absolute Gasteiger partial charge is 0.387 e. The highest BCUT2D eigenvalue weighted by Crippen LogP contribution is 2.55. The van der Waals surface area contributed by atoms with Crippen molar-refractivity contribution in [1.82, 2.24) is 0 Å². The number of epoxide rings is 1. The van der Waals surface area contributed by atoms with E-state index in [0.29, 0.717) is 0 Å². The zero-order chi connectivity index (χ0) is 15.3. The molecule has 1 saturated carbocycles. The zero-order valence-corrected chi connectivity index (χ0v) is 12.4. The van der Waals surface area contributed by atoms with Gasteiger partial charge < -0.3 is 14.9 Å². The fourth-order valence-corrected chi connectivity index (χ4v) is 4.86. The number of fused-ring (bicyclic) bond motifs is 4. The monoisotopic (exact) mass is 304 g/mol. The molecule has 1 aliphatic heterocycles. The Balaban J connectivity index is 1.67. The minimum atomic E-state index is -0.821. The van der Waals surface area contributed by atoms with E-state index in [-0.39, 0.29) is 24.0 Å². The van der Waals surface area contributed by atoms with Crippen molar-refractivity contribution >= 4 is 16.8 Å². The van der Waals surface area contributed by atoms with E-state index in [2.05, 4.69) is 48.6 Å². The average molecular weight is 304 g/mol. The van der Waals surface area contributed by atoms with E-state index in [1.165, 1.54) is 27.5 Å². The molecule has 1 saturated heterocycles. The molecule has 0 spiro atoms. The second kappa shape index (κ2) is 3.93. The lowest BCUT2D eigenvalue weighted by Gasteiger charge is -2.38. The van der Waals surface area contributed by atoms with Crippen molar-refractivity contribution in [3.63, 3.8) is 0 Å². The molecule has 6 rings (SSSR count). The Bertz CT molecular complexity index is 926. The van der Waals surface area contributed by atoms with E-state index in [1.54, 1.807) is 0 Å². The number of aliphatic hydroxyl groups is 2. The van der Waals surface area contributed by atoms with E-state index >= 15 is 0 Å². The van der Waals surface area contributed by atoms with Gasteiger partial charge in [-0.05, 0) is 33.0 Å². The number of allylic oxidation sites excluding steroid dienone is 2. The van der Waals surface area contributed by atoms with Crippen LogP contribution < -0.4 is 0 Å². The third kappa shape index (κ3) is 1.41. The average Bonchev–Trinajstić information content (AvgIpc) is 3.37. The molecule has 3 aliphatic carbocycles. The molecule has 4 aliphatic rings. The van der Waals surface area contributed by atoms with Gasteiger partial charge in [-0.2, -0.15) is 0 Å². The Morgan fingerprint density at radius 1 is 1.00 bits per heavy atom. The van der Waals surface area contributed by atoms with Crippen molar-refractivity contribution in [1.29, 1.82) is 0 Å². The minimum Gasteiger partial charge on any atom is -0.387 e. The first kappa shape index (κ1) is 12.5. The smallest absolute Gasteiger partial charge is 0.114 e. The lowest BCUT2D eigenvalue weighted by Crippen LogP contribution is -2.43. The van der Waals surface area contributed by atoms with E-state index in [0.717, 1.165) is 5.57 Å². The van der Waals surface area contributed by atoms with Gasteiger partial charge in [0.05, 0.1) is 6.10 Å². The second-order valence-corrected chi connectivity index (χ2v) is 7.04. The number of hydrogen-bond donors (Lipinski definition) is 2. The fraction of sp³-hybridized carbons (Fsp3) is 0.300. The Labute approximate surface area is 133 Å². The summed E-state index contributed by atoms with van der Waals surface area (Å²) in [4.78, 5) is 0. The molecular weight excluding hydrogens is 288 g/mol. The fourth-order valence-electron chi connectivity index (χ4n) is 4.86. The summed E-state index contributed by atoms with van der Waals surface area (Å²) in [6, 6.07) is 10.8. The van der Waals surface area contributed by atoms with Crippen LogP contribution >= 0.6 is 0 Å². The van der Waals surface area contributed by atoms with Gasteiger partial charge in [-0.15, -0.1) is 0 Å². The van der Waals surface area contributed by atoms with Crippen LogP contribution in [0.15, 0.2) is 48.1 Å². The second-order valence-electron chi connectivity index (χ2n) is 7.04. The first-order valence-corrected chi connectivity index (χ1v) is 8.21. The normalized spacial score (nSPS) is 38.8. The van der Waals surface area contributed by atoms with E-state index in [9.17, 15) is 10.2 Å². The maximum atomic E-state index is 10.5. The van der Waals surface area contributed by atoms with Crippen LogP contribution in [0.5, 0.6) is 0 Å². The predicted molar refractivity (Wildman–Crippen MR) is 87.2 cm³/mol. The molecule has 2 aromatic rings. The van der Waals surface area contributed by atoms with Crippen LogP contribution in [0.25, 0.3) is 16.8 Å². The van der Waals surface area contributed by atoms with Gasteiger partial charge >= 0.3 is 0 Å². The molecule has 3 nitrogen and oxygen atoms in total. The van der Waals surface area contributed by atoms with Crippen molar-refractivity contribution in [2.45, 2.75) is 36.3 Å². The van der Waals surface area contributed by atoms with E-state index < -0.39 is 12.2 Å². The Morgan fingerprint density at radius 2 is 1.91 bits per heavy atom. The molecule has 0 amide bonds. The van der Waals surface area contributed by atoms with Crippen LogP contribution in [0.3, 0.4) is 0 Å². The SMILES string of the molecule is O[C@H]1[C@@H]2O[C@@H]2[C@H]2C(=C[C@@H]3C=Cc4cccc5ccc2c3c45)[C@H]1O. The molecule has 0 aromatic heterocycles. The first-order valence-electron chi connectivity index (χ1n) is 8.21. The zero-order valence-electron chi connectivity index (χ0n) is 12.4. The number of benzene rings is 2. The molecule has 0 unspecified atom stereocenters. The highest BCUT2D eigenvalue weighted by molar-refractivity contribution is 5.97. The predicted octanol–water partition coefficient (Wildman–Crippen LogP) is 2.48. The van der Waals surface area contributed by atoms with Crippen molar-refractivity contribution < 1.29 is 14.9 Å². The molecule has 0 radical (unpaired) electrons. The van der Waals surface area contributed by atoms with Gasteiger partial charge in [0.1, 0.15) is 18.3 Å². The summed E-state index contributed by atoms with van der Waals surface area (Å²) in [7, 11) is 0. The highest BCUT2D eigenvalue weighted by atomic mass is 16.6. The molecule has 2 aromatic carbocycles. The van der Waals surface area contributed by atoms with Crippen LogP contribution in [0, 0.1) is 0 Å². The van der Waals surface area contributed by atoms with Crippen molar-refractivity contribution in [3.8, 4) is 0 Å². The molecule has 3 heteroatoms. The van der Waals surface area contributed by atoms with Crippen molar-refractivity contribution in [2.75, 3.05) is 0 Å². The summed E-state index contributed by atoms with van der Waals surface area (Å²) in [6.07, 6.45) is 4.68. The molecule has 2 fully saturated rings. The molecule has 6 atom stereocenters. The van der Waals surface area contributed by atoms with Gasteiger partial charge in [0.2, 0.25) is 0 Å². The lowest BCUT2D eigenvalue weighted by atomic mass is 9.67. The molecule has 23 heavy (non-hydrogen) atoms. The summed E-state index contributed by atoms with van der Waals surface area (Å²) < 4.78 is 5.71. The summed E-state index contributed by atoms with van der Waals surface area (Å²) in [5.41, 5.74) is 4.80. The first-order chi connectivity index (χ1) is 11.2. The molecular formula is C20H16O3. The van der Waals surface area contributed by atoms with Gasteiger partial charge in [-0.1, -0.05) is 48.6 Å². The quantitative estimate of drug-likeness (QED) is 0.581. The number of aliphatic hydroxyl groups excluding tert-OH is 2. The van der Waals surface area contributed by atoms with Gasteiger partial charge in [0.25, 0.3) is 0 Å². The standard InChI is InChI=1S/C20H16O3/c21-17-13-8-11-5-4-9-2-1-3-10-6-7-12(15(11)14(9)10)16(13)19-20(23-19)18(17)22/h1-8,11,16-22H/t11-,16+,17+,18+,19+,20-/m0/s1. The van der Waals surface area contributed by atoms with Gasteiger partial charge in [-0.25, -0.2) is 0 Å². The third-order valence-corrected chi connectivity index (χ3v) is 5.93. The molecule has 1 heterocycles. The topological polar surface area (TPSA) is 53.0 Å². The van der Waals surface area contributed by atoms with Crippen molar-refractivity contribution in [2.24, 2.45) is 0 Å². The van der Waals surface area contributed by atoms with Crippen molar-refractivity contribution in [3.05, 3.63) is 64.7 Å². The summed E-state index contributed by atoms with van der Waals surface area (Å²) in [5, 5.41) is 23.3. The number of ether oxygens (including phenoxy) is 1. The molecule has 114 valence electrons. The third-order valence-electron chi connectivity index (χ3n) is 5.93. The van der Waals surface area contributed by atoms with Crippen LogP contribution in [-0.4, -0.2) is 34.6 Å². The Hall–Kier alpha value is -1.94. The molecule has 2 N–H and O–H groups in total. The van der Waals surface area contributed by atoms with E-state index in [1.807, 2.05) is 0 Å². The van der Waals surface area contributed by atoms with Gasteiger partial charge in [0, 0.05) is 11.8 Å². The number of hydrogen-bond acceptors (Lipinski definition) is 3. The van der Waals surface area contributed by atoms with Crippen LogP contribution in [0.2, 0.25) is 0 Å². The van der Waals surface area contributed by atoms with E-state index in [4.69, 9.17) is 4.74 Å². The van der Waals surface area contributed by atoms with Crippen LogP contribution in [0.4, 0.5) is 0 Å². The highest BCUT2D eigenvalue weighted by Gasteiger charge is 2.59. The lowest BCUT2D eigenvalue weighted by molar-refractivity contribution is 0.0175. The van der Waals surface area contributed by atoms with Crippen LogP contribution in [-0.2, 0) is 4.74 Å². The van der Waals surface area contributed by atoms with Crippen LogP contribution in [0.1, 0.15) is 28.5 Å². The summed E-state index contributed by atoms with van der Waals surface area (Å²) in [5.74, 6) is 0.251. The molecule has 0 bridgehead atoms. The van der Waals surface area contributed by atoms with Gasteiger partial charge in [-0.3, -0.25) is 0 Å². The maximum absolute atomic E-state index is 10.5. The Morgan fingerprint density at radius 3 is 2.83 bits per heavy atom. The minimum absolute atomic E-state index is 0.00682. The number of rotatable bonds is 0. The Kier molecular flexibility index (Phi) is 2.13. The summed E-state index contributed by atoms with van der Waals surface area (Å²) >= 11 is 0. The summed E-state index contributed by atoms with van der Waals surface area (Å²) in [6.45, 7) is 0. The van der Waals surface area contributed by atoms with Gasteiger partial charge in [0.15, 0.2) is 0 Å². The maximum Gasteiger partial charge on any atom is 0.114 e.